The predicted octanol–water partition coefficient (Wildman–Crippen LogP) is 3.80. The first kappa shape index (κ1) is 15.6. The Labute approximate surface area is 139 Å². The number of benzene rings is 1. The van der Waals surface area contributed by atoms with Crippen molar-refractivity contribution in [3.63, 3.8) is 0 Å². The molecule has 3 rings (SSSR count). The van der Waals surface area contributed by atoms with Gasteiger partial charge in [0.1, 0.15) is 5.58 Å². The van der Waals surface area contributed by atoms with Crippen molar-refractivity contribution < 1.29 is 9.21 Å². The molecule has 0 radical (unpaired) electrons. The van der Waals surface area contributed by atoms with Crippen molar-refractivity contribution in [3.8, 4) is 0 Å². The third-order valence-electron chi connectivity index (χ3n) is 4.76. The molecule has 4 nitrogen and oxygen atoms in total. The molecule has 1 amide bonds. The number of amides is 1. The number of carbonyl (C=O) groups is 1. The van der Waals surface area contributed by atoms with E-state index in [1.807, 2.05) is 18.2 Å². The molecule has 2 aromatic rings. The Morgan fingerprint density at radius 2 is 2.05 bits per heavy atom. The van der Waals surface area contributed by atoms with Gasteiger partial charge < -0.3 is 14.6 Å². The minimum Gasteiger partial charge on any atom is -0.451 e. The molecule has 0 unspecified atom stereocenters. The molecule has 1 N–H and O–H groups in total. The quantitative estimate of drug-likeness (QED) is 0.897. The molecule has 0 aliphatic heterocycles. The fraction of sp³-hybridized carbons (Fsp3) is 0.471. The topological polar surface area (TPSA) is 45.5 Å². The van der Waals surface area contributed by atoms with Crippen LogP contribution in [0.1, 0.15) is 36.2 Å². The number of nitrogens with zero attached hydrogens (tertiary/aromatic N) is 1. The molecule has 1 aromatic heterocycles. The second kappa shape index (κ2) is 6.05. The van der Waals surface area contributed by atoms with E-state index in [4.69, 9.17) is 4.42 Å². The third kappa shape index (κ3) is 2.92. The Kier molecular flexibility index (Phi) is 4.28. The number of halogens is 1. The Balaban J connectivity index is 1.73. The Morgan fingerprint density at radius 3 is 2.73 bits per heavy atom. The summed E-state index contributed by atoms with van der Waals surface area (Å²) in [7, 11) is 4.19. The van der Waals surface area contributed by atoms with Gasteiger partial charge in [-0.25, -0.2) is 0 Å². The first-order valence-electron chi connectivity index (χ1n) is 7.65. The summed E-state index contributed by atoms with van der Waals surface area (Å²) in [5.74, 6) is 0.237. The molecule has 1 aromatic carbocycles. The van der Waals surface area contributed by atoms with Crippen LogP contribution in [0.2, 0.25) is 0 Å². The summed E-state index contributed by atoms with van der Waals surface area (Å²) in [5, 5.41) is 3.99. The predicted molar refractivity (Wildman–Crippen MR) is 91.1 cm³/mol. The minimum absolute atomic E-state index is 0.0880. The van der Waals surface area contributed by atoms with E-state index in [0.29, 0.717) is 12.3 Å². The molecular weight excluding hydrogens is 344 g/mol. The van der Waals surface area contributed by atoms with Gasteiger partial charge >= 0.3 is 0 Å². The van der Waals surface area contributed by atoms with Gasteiger partial charge in [-0.15, -0.1) is 0 Å². The second-order valence-corrected chi connectivity index (χ2v) is 7.22. The Bertz CT molecular complexity index is 687. The lowest BCUT2D eigenvalue weighted by Crippen LogP contribution is -2.50. The molecule has 1 saturated carbocycles. The van der Waals surface area contributed by atoms with E-state index in [9.17, 15) is 4.79 Å². The van der Waals surface area contributed by atoms with Gasteiger partial charge in [0, 0.05) is 21.9 Å². The summed E-state index contributed by atoms with van der Waals surface area (Å²) in [4.78, 5) is 14.6. The highest BCUT2D eigenvalue weighted by molar-refractivity contribution is 9.10. The summed E-state index contributed by atoms with van der Waals surface area (Å²) in [6.45, 7) is 0.666. The van der Waals surface area contributed by atoms with E-state index in [1.165, 1.54) is 12.8 Å². The number of rotatable bonds is 4. The van der Waals surface area contributed by atoms with Crippen LogP contribution in [0.25, 0.3) is 11.0 Å². The van der Waals surface area contributed by atoms with Gasteiger partial charge in [-0.3, -0.25) is 4.79 Å². The second-order valence-electron chi connectivity index (χ2n) is 6.30. The van der Waals surface area contributed by atoms with Crippen LogP contribution < -0.4 is 5.32 Å². The molecule has 118 valence electrons. The van der Waals surface area contributed by atoms with Gasteiger partial charge in [0.15, 0.2) is 5.76 Å². The molecule has 1 heterocycles. The van der Waals surface area contributed by atoms with E-state index in [0.717, 1.165) is 28.3 Å². The molecule has 0 bridgehead atoms. The molecule has 5 heteroatoms. The minimum atomic E-state index is -0.138. The summed E-state index contributed by atoms with van der Waals surface area (Å²) in [5.41, 5.74) is 0.821. The fourth-order valence-electron chi connectivity index (χ4n) is 3.27. The van der Waals surface area contributed by atoms with Gasteiger partial charge in [0.25, 0.3) is 5.91 Å². The lowest BCUT2D eigenvalue weighted by Gasteiger charge is -2.36. The van der Waals surface area contributed by atoms with Gasteiger partial charge in [-0.1, -0.05) is 28.8 Å². The number of hydrogen-bond acceptors (Lipinski definition) is 3. The first-order chi connectivity index (χ1) is 10.5. The molecule has 1 aliphatic rings. The third-order valence-corrected chi connectivity index (χ3v) is 5.26. The van der Waals surface area contributed by atoms with Crippen LogP contribution in [0.5, 0.6) is 0 Å². The Hall–Kier alpha value is -1.33. The van der Waals surface area contributed by atoms with E-state index in [1.54, 1.807) is 6.07 Å². The van der Waals surface area contributed by atoms with Crippen molar-refractivity contribution >= 4 is 32.8 Å². The molecule has 0 atom stereocenters. The van der Waals surface area contributed by atoms with Crippen molar-refractivity contribution in [3.05, 3.63) is 34.5 Å². The van der Waals surface area contributed by atoms with Gasteiger partial charge in [-0.05, 0) is 51.2 Å². The summed E-state index contributed by atoms with van der Waals surface area (Å²) in [6.07, 6.45) is 4.72. The maximum absolute atomic E-state index is 12.4. The maximum Gasteiger partial charge on any atom is 0.287 e. The highest BCUT2D eigenvalue weighted by Gasteiger charge is 2.36. The molecule has 22 heavy (non-hydrogen) atoms. The van der Waals surface area contributed by atoms with Crippen LogP contribution >= 0.6 is 15.9 Å². The molecule has 1 fully saturated rings. The van der Waals surface area contributed by atoms with Crippen LogP contribution in [-0.4, -0.2) is 37.0 Å². The monoisotopic (exact) mass is 364 g/mol. The Morgan fingerprint density at radius 1 is 1.32 bits per heavy atom. The summed E-state index contributed by atoms with van der Waals surface area (Å²) in [6, 6.07) is 7.53. The van der Waals surface area contributed by atoms with Crippen LogP contribution in [0.3, 0.4) is 0 Å². The molecule has 1 aliphatic carbocycles. The zero-order valence-corrected chi connectivity index (χ0v) is 14.6. The first-order valence-corrected chi connectivity index (χ1v) is 8.44. The SMILES string of the molecule is CN(C)C1(CNC(=O)c2cc3cc(Br)ccc3o2)CCCC1. The van der Waals surface area contributed by atoms with E-state index in [2.05, 4.69) is 40.2 Å². The molecular formula is C17H21BrN2O2. The van der Waals surface area contributed by atoms with Crippen molar-refractivity contribution in [2.45, 2.75) is 31.2 Å². The van der Waals surface area contributed by atoms with Gasteiger partial charge in [-0.2, -0.15) is 0 Å². The van der Waals surface area contributed by atoms with E-state index in [-0.39, 0.29) is 11.4 Å². The maximum atomic E-state index is 12.4. The van der Waals surface area contributed by atoms with Crippen molar-refractivity contribution in [2.24, 2.45) is 0 Å². The highest BCUT2D eigenvalue weighted by Crippen LogP contribution is 2.33. The van der Waals surface area contributed by atoms with Gasteiger partial charge in [0.2, 0.25) is 0 Å². The standard InChI is InChI=1S/C17H21BrN2O2/c1-20(2)17(7-3-4-8-17)11-19-16(21)15-10-12-9-13(18)5-6-14(12)22-15/h5-6,9-10H,3-4,7-8,11H2,1-2H3,(H,19,21). The average molecular weight is 365 g/mol. The van der Waals surface area contributed by atoms with E-state index < -0.39 is 0 Å². The van der Waals surface area contributed by atoms with Crippen LogP contribution in [0.4, 0.5) is 0 Å². The number of hydrogen-bond donors (Lipinski definition) is 1. The average Bonchev–Trinajstić information content (AvgIpc) is 3.11. The zero-order valence-electron chi connectivity index (χ0n) is 13.0. The zero-order chi connectivity index (χ0) is 15.7. The van der Waals surface area contributed by atoms with Crippen molar-refractivity contribution in [1.82, 2.24) is 10.2 Å². The number of likely N-dealkylation sites (N-methyl/N-ethyl adjacent to an activating group) is 1. The van der Waals surface area contributed by atoms with E-state index >= 15 is 0 Å². The number of fused-ring (bicyclic) bond motifs is 1. The normalized spacial score (nSPS) is 17.3. The van der Waals surface area contributed by atoms with Crippen molar-refractivity contribution in [1.29, 1.82) is 0 Å². The number of carbonyl (C=O) groups excluding carboxylic acids is 1. The lowest BCUT2D eigenvalue weighted by atomic mass is 9.96. The fourth-order valence-corrected chi connectivity index (χ4v) is 3.65. The summed E-state index contributed by atoms with van der Waals surface area (Å²) >= 11 is 3.43. The van der Waals surface area contributed by atoms with Gasteiger partial charge in [0.05, 0.1) is 0 Å². The largest absolute Gasteiger partial charge is 0.451 e. The van der Waals surface area contributed by atoms with Crippen molar-refractivity contribution in [2.75, 3.05) is 20.6 Å². The summed E-state index contributed by atoms with van der Waals surface area (Å²) < 4.78 is 6.62. The lowest BCUT2D eigenvalue weighted by molar-refractivity contribution is 0.0875. The smallest absolute Gasteiger partial charge is 0.287 e. The van der Waals surface area contributed by atoms with Crippen LogP contribution in [0, 0.1) is 0 Å². The van der Waals surface area contributed by atoms with Crippen LogP contribution in [0.15, 0.2) is 33.2 Å². The molecule has 0 saturated heterocycles. The molecule has 0 spiro atoms. The highest BCUT2D eigenvalue weighted by atomic mass is 79.9. The number of nitrogens with one attached hydrogen (secondary N) is 1. The number of furan rings is 1. The van der Waals surface area contributed by atoms with Crippen LogP contribution in [-0.2, 0) is 0 Å².